The van der Waals surface area contributed by atoms with Gasteiger partial charge in [-0.05, 0) is 24.3 Å². The van der Waals surface area contributed by atoms with Crippen LogP contribution in [0.4, 0.5) is 4.39 Å². The number of hydrogen-bond acceptors (Lipinski definition) is 5. The van der Waals surface area contributed by atoms with E-state index in [1.54, 1.807) is 23.0 Å². The van der Waals surface area contributed by atoms with E-state index >= 15 is 0 Å². The van der Waals surface area contributed by atoms with Crippen LogP contribution in [0.25, 0.3) is 16.4 Å². The van der Waals surface area contributed by atoms with E-state index in [2.05, 4.69) is 15.3 Å². The Bertz CT molecular complexity index is 678. The molecule has 0 atom stereocenters. The highest BCUT2D eigenvalue weighted by Gasteiger charge is 2.16. The zero-order chi connectivity index (χ0) is 13.2. The summed E-state index contributed by atoms with van der Waals surface area (Å²) in [5, 5.41) is 19.7. The fraction of sp³-hybridized carbons (Fsp3) is 0.0833. The van der Waals surface area contributed by atoms with Gasteiger partial charge in [-0.25, -0.2) is 9.37 Å². The third kappa shape index (κ3) is 2.13. The lowest BCUT2D eigenvalue weighted by molar-refractivity contribution is 0.277. The summed E-state index contributed by atoms with van der Waals surface area (Å²) in [6.07, 6.45) is 1.66. The molecule has 2 aromatic heterocycles. The van der Waals surface area contributed by atoms with Crippen molar-refractivity contribution in [2.45, 2.75) is 6.61 Å². The van der Waals surface area contributed by atoms with Crippen LogP contribution < -0.4 is 0 Å². The summed E-state index contributed by atoms with van der Waals surface area (Å²) in [6, 6.07) is 5.96. The smallest absolute Gasteiger partial charge is 0.212 e. The average Bonchev–Trinajstić information content (AvgIpc) is 3.08. The second-order valence-electron chi connectivity index (χ2n) is 3.78. The fourth-order valence-corrected chi connectivity index (χ4v) is 2.36. The van der Waals surface area contributed by atoms with Gasteiger partial charge in [0.2, 0.25) is 5.13 Å². The van der Waals surface area contributed by atoms with Gasteiger partial charge in [0, 0.05) is 17.1 Å². The molecule has 96 valence electrons. The Balaban J connectivity index is 2.18. The molecule has 3 rings (SSSR count). The molecule has 0 spiro atoms. The Hall–Kier alpha value is -2.12. The monoisotopic (exact) mass is 276 g/mol. The third-order valence-corrected chi connectivity index (χ3v) is 3.35. The molecule has 0 aliphatic carbocycles. The molecule has 0 fully saturated rings. The minimum absolute atomic E-state index is 0.238. The average molecular weight is 276 g/mol. The van der Waals surface area contributed by atoms with Crippen molar-refractivity contribution >= 4 is 11.3 Å². The van der Waals surface area contributed by atoms with Crippen LogP contribution in [0.15, 0.2) is 35.8 Å². The van der Waals surface area contributed by atoms with Crippen LogP contribution in [-0.2, 0) is 6.61 Å². The maximum atomic E-state index is 13.0. The normalized spacial score (nSPS) is 10.8. The highest BCUT2D eigenvalue weighted by atomic mass is 32.1. The van der Waals surface area contributed by atoms with E-state index in [0.29, 0.717) is 16.5 Å². The first-order chi connectivity index (χ1) is 9.29. The first-order valence-electron chi connectivity index (χ1n) is 5.51. The summed E-state index contributed by atoms with van der Waals surface area (Å²) in [5.74, 6) is -0.317. The predicted octanol–water partition coefficient (Wildman–Crippen LogP) is 2.02. The van der Waals surface area contributed by atoms with Gasteiger partial charge in [0.25, 0.3) is 0 Å². The minimum atomic E-state index is -0.317. The van der Waals surface area contributed by atoms with E-state index in [9.17, 15) is 9.50 Å². The molecule has 0 saturated heterocycles. The van der Waals surface area contributed by atoms with Crippen LogP contribution in [0.5, 0.6) is 0 Å². The van der Waals surface area contributed by atoms with E-state index in [1.807, 2.05) is 5.38 Å². The molecule has 1 aromatic carbocycles. The standard InChI is InChI=1S/C12H9FN4OS/c13-9-3-1-8(2-4-9)11-10(7-18)15-16-17(11)12-14-5-6-19-12/h1-6,18H,7H2. The number of aliphatic hydroxyl groups excluding tert-OH is 1. The third-order valence-electron chi connectivity index (χ3n) is 2.61. The molecule has 5 nitrogen and oxygen atoms in total. The molecule has 0 bridgehead atoms. The highest BCUT2D eigenvalue weighted by Crippen LogP contribution is 2.26. The summed E-state index contributed by atoms with van der Waals surface area (Å²) < 4.78 is 14.5. The molecule has 1 N–H and O–H groups in total. The highest BCUT2D eigenvalue weighted by molar-refractivity contribution is 7.12. The van der Waals surface area contributed by atoms with Gasteiger partial charge in [-0.15, -0.1) is 16.4 Å². The lowest BCUT2D eigenvalue weighted by atomic mass is 10.1. The van der Waals surface area contributed by atoms with Crippen LogP contribution in [0.1, 0.15) is 5.69 Å². The number of thiazole rings is 1. The van der Waals surface area contributed by atoms with Gasteiger partial charge in [0.1, 0.15) is 17.2 Å². The largest absolute Gasteiger partial charge is 0.390 e. The molecule has 19 heavy (non-hydrogen) atoms. The van der Waals surface area contributed by atoms with Crippen LogP contribution in [-0.4, -0.2) is 25.1 Å². The van der Waals surface area contributed by atoms with E-state index in [4.69, 9.17) is 0 Å². The second kappa shape index (κ2) is 4.87. The lowest BCUT2D eigenvalue weighted by Gasteiger charge is -2.04. The molecule has 7 heteroatoms. The van der Waals surface area contributed by atoms with Crippen molar-refractivity contribution in [2.24, 2.45) is 0 Å². The molecule has 2 heterocycles. The number of aromatic nitrogens is 4. The Morgan fingerprint density at radius 2 is 2.05 bits per heavy atom. The fourth-order valence-electron chi connectivity index (χ4n) is 1.77. The van der Waals surface area contributed by atoms with E-state index in [1.165, 1.54) is 23.5 Å². The van der Waals surface area contributed by atoms with Gasteiger partial charge >= 0.3 is 0 Å². The number of hydrogen-bond donors (Lipinski definition) is 1. The van der Waals surface area contributed by atoms with Gasteiger partial charge < -0.3 is 5.11 Å². The molecular weight excluding hydrogens is 267 g/mol. The minimum Gasteiger partial charge on any atom is -0.390 e. The summed E-state index contributed by atoms with van der Waals surface area (Å²) in [4.78, 5) is 4.16. The zero-order valence-corrected chi connectivity index (χ0v) is 10.5. The van der Waals surface area contributed by atoms with Gasteiger partial charge in [0.15, 0.2) is 0 Å². The lowest BCUT2D eigenvalue weighted by Crippen LogP contribution is -1.99. The molecule has 0 radical (unpaired) electrons. The molecule has 3 aromatic rings. The van der Waals surface area contributed by atoms with Crippen LogP contribution >= 0.6 is 11.3 Å². The van der Waals surface area contributed by atoms with Crippen molar-refractivity contribution in [1.29, 1.82) is 0 Å². The van der Waals surface area contributed by atoms with Crippen LogP contribution in [0, 0.1) is 5.82 Å². The Labute approximate surface area is 112 Å². The number of aliphatic hydroxyl groups is 1. The molecule has 0 amide bonds. The summed E-state index contributed by atoms with van der Waals surface area (Å²) in [6.45, 7) is -0.238. The summed E-state index contributed by atoms with van der Waals surface area (Å²) in [5.41, 5.74) is 1.78. The molecule has 0 unspecified atom stereocenters. The Morgan fingerprint density at radius 3 is 2.68 bits per heavy atom. The van der Waals surface area contributed by atoms with E-state index < -0.39 is 0 Å². The number of halogens is 1. The summed E-state index contributed by atoms with van der Waals surface area (Å²) >= 11 is 1.41. The predicted molar refractivity (Wildman–Crippen MR) is 68.3 cm³/mol. The van der Waals surface area contributed by atoms with Gasteiger partial charge in [-0.1, -0.05) is 5.21 Å². The van der Waals surface area contributed by atoms with E-state index in [-0.39, 0.29) is 12.4 Å². The molecule has 0 aliphatic heterocycles. The van der Waals surface area contributed by atoms with Crippen LogP contribution in [0.2, 0.25) is 0 Å². The first-order valence-corrected chi connectivity index (χ1v) is 6.39. The van der Waals surface area contributed by atoms with Crippen LogP contribution in [0.3, 0.4) is 0 Å². The topological polar surface area (TPSA) is 63.8 Å². The first kappa shape index (κ1) is 11.9. The number of benzene rings is 1. The van der Waals surface area contributed by atoms with Crippen molar-refractivity contribution in [1.82, 2.24) is 20.0 Å². The number of rotatable bonds is 3. The van der Waals surface area contributed by atoms with Crippen molar-refractivity contribution in [3.8, 4) is 16.4 Å². The summed E-state index contributed by atoms with van der Waals surface area (Å²) in [7, 11) is 0. The van der Waals surface area contributed by atoms with Crippen molar-refractivity contribution < 1.29 is 9.50 Å². The maximum Gasteiger partial charge on any atom is 0.212 e. The van der Waals surface area contributed by atoms with Crippen molar-refractivity contribution in [2.75, 3.05) is 0 Å². The van der Waals surface area contributed by atoms with E-state index in [0.717, 1.165) is 5.56 Å². The Morgan fingerprint density at radius 1 is 1.26 bits per heavy atom. The maximum absolute atomic E-state index is 13.0. The van der Waals surface area contributed by atoms with Gasteiger partial charge in [-0.2, -0.15) is 4.68 Å². The quantitative estimate of drug-likeness (QED) is 0.795. The SMILES string of the molecule is OCc1nnn(-c2nccs2)c1-c1ccc(F)cc1. The Kier molecular flexibility index (Phi) is 3.06. The molecule has 0 saturated carbocycles. The second-order valence-corrected chi connectivity index (χ2v) is 4.65. The van der Waals surface area contributed by atoms with Crippen molar-refractivity contribution in [3.63, 3.8) is 0 Å². The van der Waals surface area contributed by atoms with Crippen molar-refractivity contribution in [3.05, 3.63) is 47.4 Å². The van der Waals surface area contributed by atoms with Gasteiger partial charge in [-0.3, -0.25) is 0 Å². The number of nitrogens with zero attached hydrogens (tertiary/aromatic N) is 4. The molecule has 0 aliphatic rings. The zero-order valence-electron chi connectivity index (χ0n) is 9.69. The van der Waals surface area contributed by atoms with Gasteiger partial charge in [0.05, 0.1) is 6.61 Å². The molecular formula is C12H9FN4OS.